The lowest BCUT2D eigenvalue weighted by Crippen LogP contribution is -2.28. The Kier molecular flexibility index (Phi) is 6.31. The van der Waals surface area contributed by atoms with Crippen LogP contribution in [0.5, 0.6) is 5.75 Å². The lowest BCUT2D eigenvalue weighted by molar-refractivity contribution is 0.0972. The van der Waals surface area contributed by atoms with E-state index in [0.717, 1.165) is 12.8 Å². The van der Waals surface area contributed by atoms with Crippen LogP contribution in [-0.4, -0.2) is 29.2 Å². The number of aromatic nitrogens is 1. The highest BCUT2D eigenvalue weighted by Crippen LogP contribution is 2.31. The first-order chi connectivity index (χ1) is 14.3. The Hall–Kier alpha value is -3.07. The van der Waals surface area contributed by atoms with Crippen molar-refractivity contribution in [2.75, 3.05) is 13.1 Å². The number of Topliss-reactive ketones (excluding diaryl/α,β-unsaturated/α-hetero) is 1. The van der Waals surface area contributed by atoms with Gasteiger partial charge in [0.2, 0.25) is 11.6 Å². The molecule has 3 N–H and O–H groups in total. The molecule has 0 unspecified atom stereocenters. The number of hydrogen-bond acceptors (Lipinski definition) is 5. The van der Waals surface area contributed by atoms with E-state index >= 15 is 0 Å². The molecular weight excluding hydrogens is 399 g/mol. The minimum absolute atomic E-state index is 0.131. The molecule has 0 bridgehead atoms. The molecule has 0 saturated carbocycles. The molecule has 1 aliphatic rings. The SMILES string of the molecule is Cc1c(COc2c(F)cc(F)cc2F)c2c(n1C)C(=O)C=C(NCCCCN)C2=O. The van der Waals surface area contributed by atoms with Crippen molar-refractivity contribution in [3.05, 3.63) is 63.9 Å². The summed E-state index contributed by atoms with van der Waals surface area (Å²) in [7, 11) is 1.62. The smallest absolute Gasteiger partial charge is 0.211 e. The first-order valence-corrected chi connectivity index (χ1v) is 9.46. The summed E-state index contributed by atoms with van der Waals surface area (Å²) < 4.78 is 47.7. The number of fused-ring (bicyclic) bond motifs is 1. The molecule has 3 rings (SSSR count). The fourth-order valence-corrected chi connectivity index (χ4v) is 3.41. The minimum atomic E-state index is -1.19. The van der Waals surface area contributed by atoms with Crippen LogP contribution in [0.25, 0.3) is 0 Å². The number of ketones is 2. The van der Waals surface area contributed by atoms with Crippen LogP contribution in [-0.2, 0) is 13.7 Å². The molecule has 1 aromatic carbocycles. The Morgan fingerprint density at radius 3 is 2.43 bits per heavy atom. The van der Waals surface area contributed by atoms with Crippen molar-refractivity contribution in [3.8, 4) is 5.75 Å². The van der Waals surface area contributed by atoms with Gasteiger partial charge in [0, 0.05) is 43.1 Å². The molecule has 1 heterocycles. The summed E-state index contributed by atoms with van der Waals surface area (Å²) in [6, 6.07) is 1.01. The molecule has 0 atom stereocenters. The zero-order valence-corrected chi connectivity index (χ0v) is 16.7. The number of benzene rings is 1. The zero-order valence-electron chi connectivity index (χ0n) is 16.7. The lowest BCUT2D eigenvalue weighted by Gasteiger charge is -2.16. The average Bonchev–Trinajstić information content (AvgIpc) is 2.93. The lowest BCUT2D eigenvalue weighted by atomic mass is 9.95. The van der Waals surface area contributed by atoms with E-state index in [2.05, 4.69) is 5.32 Å². The van der Waals surface area contributed by atoms with Crippen molar-refractivity contribution in [2.24, 2.45) is 12.8 Å². The van der Waals surface area contributed by atoms with Gasteiger partial charge in [-0.1, -0.05) is 0 Å². The molecule has 1 aliphatic carbocycles. The van der Waals surface area contributed by atoms with Crippen LogP contribution >= 0.6 is 0 Å². The number of rotatable bonds is 8. The van der Waals surface area contributed by atoms with Crippen LogP contribution in [0.1, 0.15) is 44.9 Å². The van der Waals surface area contributed by atoms with Crippen molar-refractivity contribution < 1.29 is 27.5 Å². The molecule has 0 saturated heterocycles. The minimum Gasteiger partial charge on any atom is -0.483 e. The second-order valence-electron chi connectivity index (χ2n) is 7.01. The number of carbonyl (C=O) groups is 2. The number of nitrogens with zero attached hydrogens (tertiary/aromatic N) is 1. The Morgan fingerprint density at radius 2 is 1.80 bits per heavy atom. The van der Waals surface area contributed by atoms with Gasteiger partial charge >= 0.3 is 0 Å². The molecule has 160 valence electrons. The molecule has 0 radical (unpaired) electrons. The topological polar surface area (TPSA) is 86.3 Å². The van der Waals surface area contributed by atoms with Crippen molar-refractivity contribution in [3.63, 3.8) is 0 Å². The monoisotopic (exact) mass is 421 g/mol. The van der Waals surface area contributed by atoms with E-state index in [4.69, 9.17) is 10.5 Å². The standard InChI is InChI=1S/C21H22F3N3O3/c1-11-13(10-30-21-14(23)7-12(22)8-15(21)24)18-19(27(11)2)17(28)9-16(20(18)29)26-6-4-3-5-25/h7-9,26H,3-6,10,25H2,1-2H3. The average molecular weight is 421 g/mol. The maximum atomic E-state index is 13.9. The van der Waals surface area contributed by atoms with E-state index in [9.17, 15) is 22.8 Å². The molecule has 0 amide bonds. The van der Waals surface area contributed by atoms with Crippen LogP contribution in [0, 0.1) is 24.4 Å². The third kappa shape index (κ3) is 3.97. The van der Waals surface area contributed by atoms with Gasteiger partial charge in [-0.05, 0) is 26.3 Å². The van der Waals surface area contributed by atoms with E-state index in [0.29, 0.717) is 36.5 Å². The highest BCUT2D eigenvalue weighted by atomic mass is 19.1. The maximum Gasteiger partial charge on any atom is 0.211 e. The Labute approximate surface area is 171 Å². The van der Waals surface area contributed by atoms with Crippen molar-refractivity contribution in [1.29, 1.82) is 0 Å². The number of allylic oxidation sites excluding steroid dienone is 2. The van der Waals surface area contributed by atoms with E-state index < -0.39 is 29.0 Å². The van der Waals surface area contributed by atoms with Crippen LogP contribution in [0.3, 0.4) is 0 Å². The van der Waals surface area contributed by atoms with Crippen LogP contribution in [0.15, 0.2) is 23.9 Å². The number of halogens is 3. The van der Waals surface area contributed by atoms with Crippen LogP contribution in [0.4, 0.5) is 13.2 Å². The van der Waals surface area contributed by atoms with E-state index in [1.807, 2.05) is 0 Å². The number of nitrogens with one attached hydrogen (secondary N) is 1. The summed E-state index contributed by atoms with van der Waals surface area (Å²) >= 11 is 0. The van der Waals surface area contributed by atoms with Gasteiger partial charge in [0.05, 0.1) is 11.3 Å². The van der Waals surface area contributed by atoms with Gasteiger partial charge in [0.1, 0.15) is 18.1 Å². The van der Waals surface area contributed by atoms with Crippen LogP contribution in [0.2, 0.25) is 0 Å². The van der Waals surface area contributed by atoms with Gasteiger partial charge in [-0.15, -0.1) is 0 Å². The largest absolute Gasteiger partial charge is 0.483 e. The second-order valence-corrected chi connectivity index (χ2v) is 7.01. The summed E-state index contributed by atoms with van der Waals surface area (Å²) in [4.78, 5) is 25.7. The van der Waals surface area contributed by atoms with Gasteiger partial charge in [-0.3, -0.25) is 9.59 Å². The normalized spacial score (nSPS) is 13.3. The first-order valence-electron chi connectivity index (χ1n) is 9.46. The van der Waals surface area contributed by atoms with Gasteiger partial charge < -0.3 is 20.4 Å². The van der Waals surface area contributed by atoms with Gasteiger partial charge in [0.15, 0.2) is 17.4 Å². The third-order valence-corrected chi connectivity index (χ3v) is 5.06. The molecular formula is C21H22F3N3O3. The maximum absolute atomic E-state index is 13.9. The second kappa shape index (κ2) is 8.74. The summed E-state index contributed by atoms with van der Waals surface area (Å²) in [5, 5.41) is 2.96. The van der Waals surface area contributed by atoms with Crippen molar-refractivity contribution in [1.82, 2.24) is 9.88 Å². The molecule has 9 heteroatoms. The van der Waals surface area contributed by atoms with Crippen molar-refractivity contribution in [2.45, 2.75) is 26.4 Å². The highest BCUT2D eigenvalue weighted by Gasteiger charge is 2.33. The molecule has 0 spiro atoms. The summed E-state index contributed by atoms with van der Waals surface area (Å²) in [6.45, 7) is 2.30. The van der Waals surface area contributed by atoms with Crippen molar-refractivity contribution >= 4 is 11.6 Å². The zero-order chi connectivity index (χ0) is 22.0. The third-order valence-electron chi connectivity index (χ3n) is 5.06. The van der Waals surface area contributed by atoms with Gasteiger partial charge in [-0.25, -0.2) is 13.2 Å². The number of ether oxygens (including phenoxy) is 1. The quantitative estimate of drug-likeness (QED) is 0.640. The molecule has 6 nitrogen and oxygen atoms in total. The predicted octanol–water partition coefficient (Wildman–Crippen LogP) is 2.92. The number of hydrogen-bond donors (Lipinski definition) is 2. The highest BCUT2D eigenvalue weighted by molar-refractivity contribution is 6.24. The molecule has 2 aromatic rings. The predicted molar refractivity (Wildman–Crippen MR) is 104 cm³/mol. The molecule has 0 aliphatic heterocycles. The van der Waals surface area contributed by atoms with Crippen LogP contribution < -0.4 is 15.8 Å². The number of unbranched alkanes of at least 4 members (excludes halogenated alkanes) is 1. The van der Waals surface area contributed by atoms with E-state index in [1.54, 1.807) is 18.5 Å². The first kappa shape index (κ1) is 21.6. The molecule has 1 aromatic heterocycles. The summed E-state index contributed by atoms with van der Waals surface area (Å²) in [5.74, 6) is -4.97. The van der Waals surface area contributed by atoms with E-state index in [1.165, 1.54) is 6.08 Å². The fraction of sp³-hybridized carbons (Fsp3) is 0.333. The van der Waals surface area contributed by atoms with Gasteiger partial charge in [-0.2, -0.15) is 0 Å². The number of carbonyl (C=O) groups excluding carboxylic acids is 2. The Bertz CT molecular complexity index is 1020. The van der Waals surface area contributed by atoms with Gasteiger partial charge in [0.25, 0.3) is 0 Å². The Morgan fingerprint density at radius 1 is 1.13 bits per heavy atom. The fourth-order valence-electron chi connectivity index (χ4n) is 3.41. The molecule has 0 fully saturated rings. The molecule has 30 heavy (non-hydrogen) atoms. The summed E-state index contributed by atoms with van der Waals surface area (Å²) in [5.41, 5.74) is 6.80. The number of nitrogens with two attached hydrogens (primary N) is 1. The van der Waals surface area contributed by atoms with E-state index in [-0.39, 0.29) is 29.3 Å². The Balaban J connectivity index is 1.90. The summed E-state index contributed by atoms with van der Waals surface area (Å²) in [6.07, 6.45) is 2.75.